The van der Waals surface area contributed by atoms with Gasteiger partial charge in [0.2, 0.25) is 0 Å². The summed E-state index contributed by atoms with van der Waals surface area (Å²) in [6.45, 7) is 8.43. The smallest absolute Gasteiger partial charge is 0.338 e. The first-order chi connectivity index (χ1) is 13.9. The van der Waals surface area contributed by atoms with Crippen LogP contribution in [0.2, 0.25) is 0 Å². The number of benzene rings is 2. The lowest BCUT2D eigenvalue weighted by molar-refractivity contribution is -0.0249. The molecule has 1 aliphatic carbocycles. The highest BCUT2D eigenvalue weighted by atomic mass is 32.2. The fourth-order valence-corrected chi connectivity index (χ4v) is 6.84. The molecule has 4 rings (SSSR count). The van der Waals surface area contributed by atoms with Gasteiger partial charge in [0, 0.05) is 40.8 Å². The van der Waals surface area contributed by atoms with Crippen molar-refractivity contribution in [1.29, 1.82) is 0 Å². The molecule has 0 saturated heterocycles. The summed E-state index contributed by atoms with van der Waals surface area (Å²) in [4.78, 5) is 15.6. The molecule has 1 aliphatic rings. The Morgan fingerprint density at radius 3 is 2.66 bits per heavy atom. The van der Waals surface area contributed by atoms with Crippen LogP contribution in [0.5, 0.6) is 0 Å². The van der Waals surface area contributed by atoms with Crippen LogP contribution in [-0.4, -0.2) is 11.6 Å². The van der Waals surface area contributed by atoms with E-state index in [2.05, 4.69) is 56.3 Å². The van der Waals surface area contributed by atoms with E-state index in [4.69, 9.17) is 4.74 Å². The second kappa shape index (κ2) is 7.79. The first-order valence-electron chi connectivity index (χ1n) is 10.4. The fourth-order valence-electron chi connectivity index (χ4n) is 4.59. The van der Waals surface area contributed by atoms with E-state index in [1.807, 2.05) is 32.0 Å². The molecule has 0 radical (unpaired) electrons. The lowest BCUT2D eigenvalue weighted by Crippen LogP contribution is -2.38. The molecular formula is C26H29O2S+. The van der Waals surface area contributed by atoms with E-state index < -0.39 is 5.60 Å². The van der Waals surface area contributed by atoms with E-state index in [0.29, 0.717) is 5.56 Å². The molecule has 0 spiro atoms. The van der Waals surface area contributed by atoms with E-state index in [0.717, 1.165) is 19.3 Å². The second-order valence-corrected chi connectivity index (χ2v) is 10.7. The van der Waals surface area contributed by atoms with Crippen molar-refractivity contribution in [2.75, 3.05) is 0 Å². The number of esters is 1. The van der Waals surface area contributed by atoms with Gasteiger partial charge >= 0.3 is 5.97 Å². The molecular weight excluding hydrogens is 376 g/mol. The van der Waals surface area contributed by atoms with E-state index in [1.54, 1.807) is 0 Å². The highest BCUT2D eigenvalue weighted by Gasteiger charge is 2.35. The molecule has 0 aliphatic heterocycles. The Labute approximate surface area is 176 Å². The number of hydrogen-bond acceptors (Lipinski definition) is 2. The molecule has 150 valence electrons. The molecule has 3 heteroatoms. The normalized spacial score (nSPS) is 17.9. The molecule has 3 aromatic rings. The standard InChI is InChI=1S/C26H29O2S/c1-18-10-5-7-14-23(18)26(3,4)28-25(27)21-12-9-13-22(17-21)29-19(2)16-20-11-6-8-15-24(20)29/h6,8-13,15-17,23H,5,7,14H2,1-4H3/q+1. The van der Waals surface area contributed by atoms with Crippen molar-refractivity contribution in [3.05, 3.63) is 76.7 Å². The van der Waals surface area contributed by atoms with Gasteiger partial charge in [0.25, 0.3) is 0 Å². The van der Waals surface area contributed by atoms with Gasteiger partial charge in [-0.2, -0.15) is 0 Å². The summed E-state index contributed by atoms with van der Waals surface area (Å²) in [5.74, 6) is 0.0603. The Morgan fingerprint density at radius 1 is 1.07 bits per heavy atom. The highest BCUT2D eigenvalue weighted by molar-refractivity contribution is 7.45. The molecule has 2 nitrogen and oxygen atoms in total. The molecule has 0 fully saturated rings. The SMILES string of the molecule is CC1=CCCCC1C(C)(C)OC(=O)c1cccc(-[s+]2c(C)cc3ccccc32)c1. The summed E-state index contributed by atoms with van der Waals surface area (Å²) in [5, 5.41) is 1.28. The van der Waals surface area contributed by atoms with Gasteiger partial charge in [-0.1, -0.05) is 29.8 Å². The third-order valence-electron chi connectivity index (χ3n) is 6.03. The summed E-state index contributed by atoms with van der Waals surface area (Å²) in [6.07, 6.45) is 5.66. The third kappa shape index (κ3) is 3.89. The number of hydrogen-bond donors (Lipinski definition) is 0. The van der Waals surface area contributed by atoms with Crippen molar-refractivity contribution in [3.63, 3.8) is 0 Å². The van der Waals surface area contributed by atoms with E-state index in [9.17, 15) is 4.79 Å². The summed E-state index contributed by atoms with van der Waals surface area (Å²) >= 11 is 0. The zero-order chi connectivity index (χ0) is 20.6. The predicted molar refractivity (Wildman–Crippen MR) is 123 cm³/mol. The number of thiophene rings is 1. The number of aryl methyl sites for hydroxylation is 1. The predicted octanol–water partition coefficient (Wildman–Crippen LogP) is 7.57. The zero-order valence-electron chi connectivity index (χ0n) is 17.7. The lowest BCUT2D eigenvalue weighted by atomic mass is 9.78. The summed E-state index contributed by atoms with van der Waals surface area (Å²) in [6, 6.07) is 18.8. The number of ether oxygens (including phenoxy) is 1. The van der Waals surface area contributed by atoms with Crippen LogP contribution in [-0.2, 0) is 4.74 Å². The van der Waals surface area contributed by atoms with E-state index >= 15 is 0 Å². The highest BCUT2D eigenvalue weighted by Crippen LogP contribution is 2.43. The molecule has 0 N–H and O–H groups in total. The summed E-state index contributed by atoms with van der Waals surface area (Å²) < 4.78 is 7.39. The van der Waals surface area contributed by atoms with Crippen LogP contribution in [0.1, 0.15) is 55.3 Å². The van der Waals surface area contributed by atoms with Crippen molar-refractivity contribution in [3.8, 4) is 4.90 Å². The monoisotopic (exact) mass is 405 g/mol. The van der Waals surface area contributed by atoms with Crippen molar-refractivity contribution in [2.45, 2.75) is 52.6 Å². The Hall–Kier alpha value is -2.39. The number of carbonyl (C=O) groups excluding carboxylic acids is 1. The molecule has 0 amide bonds. The minimum atomic E-state index is -0.508. The van der Waals surface area contributed by atoms with Gasteiger partial charge in [-0.15, -0.1) is 0 Å². The van der Waals surface area contributed by atoms with Crippen molar-refractivity contribution < 1.29 is 9.53 Å². The van der Waals surface area contributed by atoms with Crippen LogP contribution < -0.4 is 0 Å². The molecule has 1 aromatic heterocycles. The molecule has 2 atom stereocenters. The first kappa shape index (κ1) is 19.9. The van der Waals surface area contributed by atoms with E-state index in [1.165, 1.54) is 25.4 Å². The fraction of sp³-hybridized carbons (Fsp3) is 0.346. The van der Waals surface area contributed by atoms with Crippen LogP contribution in [0.4, 0.5) is 0 Å². The molecule has 0 saturated carbocycles. The topological polar surface area (TPSA) is 26.3 Å². The van der Waals surface area contributed by atoms with Gasteiger partial charge < -0.3 is 4.74 Å². The Bertz CT molecular complexity index is 1090. The first-order valence-corrected chi connectivity index (χ1v) is 11.6. The lowest BCUT2D eigenvalue weighted by Gasteiger charge is -2.36. The quantitative estimate of drug-likeness (QED) is 0.254. The summed E-state index contributed by atoms with van der Waals surface area (Å²) in [5.41, 5.74) is 1.47. The van der Waals surface area contributed by atoms with Gasteiger partial charge in [-0.25, -0.2) is 4.79 Å². The molecule has 0 bridgehead atoms. The maximum Gasteiger partial charge on any atom is 0.338 e. The van der Waals surface area contributed by atoms with Crippen molar-refractivity contribution in [1.82, 2.24) is 0 Å². The molecule has 2 unspecified atom stereocenters. The van der Waals surface area contributed by atoms with Crippen LogP contribution in [0, 0.1) is 12.8 Å². The molecule has 2 aromatic carbocycles. The van der Waals surface area contributed by atoms with Crippen LogP contribution in [0.3, 0.4) is 0 Å². The summed E-state index contributed by atoms with van der Waals surface area (Å²) in [7, 11) is -0.126. The minimum Gasteiger partial charge on any atom is -0.455 e. The maximum absolute atomic E-state index is 13.1. The Kier molecular flexibility index (Phi) is 5.35. The van der Waals surface area contributed by atoms with Crippen LogP contribution >= 0.6 is 10.5 Å². The number of carbonyl (C=O) groups is 1. The van der Waals surface area contributed by atoms with Gasteiger partial charge in [0.1, 0.15) is 5.60 Å². The number of allylic oxidation sites excluding steroid dienone is 1. The van der Waals surface area contributed by atoms with Gasteiger partial charge in [-0.3, -0.25) is 0 Å². The second-order valence-electron chi connectivity index (χ2n) is 8.55. The Morgan fingerprint density at radius 2 is 1.86 bits per heavy atom. The van der Waals surface area contributed by atoms with Gasteiger partial charge in [0.05, 0.1) is 5.56 Å². The largest absolute Gasteiger partial charge is 0.455 e. The Balaban J connectivity index is 1.63. The van der Waals surface area contributed by atoms with Crippen LogP contribution in [0.25, 0.3) is 15.0 Å². The number of fused-ring (bicyclic) bond motifs is 1. The third-order valence-corrected chi connectivity index (χ3v) is 8.33. The van der Waals surface area contributed by atoms with E-state index in [-0.39, 0.29) is 22.4 Å². The van der Waals surface area contributed by atoms with Gasteiger partial charge in [0.15, 0.2) is 14.5 Å². The van der Waals surface area contributed by atoms with Crippen molar-refractivity contribution >= 4 is 26.5 Å². The zero-order valence-corrected chi connectivity index (χ0v) is 18.5. The number of rotatable bonds is 4. The average Bonchev–Trinajstić information content (AvgIpc) is 3.03. The maximum atomic E-state index is 13.1. The molecule has 1 heterocycles. The van der Waals surface area contributed by atoms with Crippen LogP contribution in [0.15, 0.2) is 66.2 Å². The average molecular weight is 406 g/mol. The van der Waals surface area contributed by atoms with Crippen molar-refractivity contribution in [2.24, 2.45) is 5.92 Å². The minimum absolute atomic E-state index is 0.126. The molecule has 29 heavy (non-hydrogen) atoms. The van der Waals surface area contributed by atoms with Gasteiger partial charge in [-0.05, 0) is 64.3 Å².